The molecule has 116 valence electrons. The van der Waals surface area contributed by atoms with Crippen molar-refractivity contribution in [3.63, 3.8) is 0 Å². The molecule has 2 rings (SSSR count). The lowest BCUT2D eigenvalue weighted by atomic mass is 9.99. The van der Waals surface area contributed by atoms with Crippen LogP contribution in [0.3, 0.4) is 0 Å². The van der Waals surface area contributed by atoms with Crippen LogP contribution in [0.1, 0.15) is 23.2 Å². The van der Waals surface area contributed by atoms with Gasteiger partial charge in [0.2, 0.25) is 0 Å². The molecule has 0 saturated carbocycles. The van der Waals surface area contributed by atoms with E-state index in [1.165, 1.54) is 0 Å². The Labute approximate surface area is 124 Å². The molecule has 1 amide bonds. The van der Waals surface area contributed by atoms with Crippen molar-refractivity contribution in [3.05, 3.63) is 29.8 Å². The monoisotopic (exact) mass is 293 g/mol. The third kappa shape index (κ3) is 4.70. The van der Waals surface area contributed by atoms with Gasteiger partial charge in [-0.25, -0.2) is 5.84 Å². The molecule has 0 bridgehead atoms. The number of aliphatic hydroxyl groups excluding tert-OH is 1. The maximum absolute atomic E-state index is 11.4. The third-order valence-electron chi connectivity index (χ3n) is 3.76. The van der Waals surface area contributed by atoms with Crippen LogP contribution in [0.25, 0.3) is 0 Å². The largest absolute Gasteiger partial charge is 0.492 e. The fourth-order valence-electron chi connectivity index (χ4n) is 2.61. The second-order valence-electron chi connectivity index (χ2n) is 5.34. The number of hydrogen-bond donors (Lipinski definition) is 3. The number of rotatable bonds is 6. The van der Waals surface area contributed by atoms with Gasteiger partial charge in [-0.1, -0.05) is 6.07 Å². The molecule has 1 unspecified atom stereocenters. The SMILES string of the molecule is NNC(=O)c1cccc(OCCN2CCCC(CO)C2)c1. The first-order valence-corrected chi connectivity index (χ1v) is 7.30. The number of amides is 1. The van der Waals surface area contributed by atoms with Crippen molar-refractivity contribution in [2.24, 2.45) is 11.8 Å². The van der Waals surface area contributed by atoms with Crippen LogP contribution in [0.5, 0.6) is 5.75 Å². The molecule has 6 nitrogen and oxygen atoms in total. The van der Waals surface area contributed by atoms with Crippen molar-refractivity contribution in [2.75, 3.05) is 32.8 Å². The lowest BCUT2D eigenvalue weighted by molar-refractivity contribution is 0.0952. The third-order valence-corrected chi connectivity index (χ3v) is 3.76. The number of carbonyl (C=O) groups is 1. The van der Waals surface area contributed by atoms with Gasteiger partial charge >= 0.3 is 0 Å². The highest BCUT2D eigenvalue weighted by Gasteiger charge is 2.18. The van der Waals surface area contributed by atoms with Crippen LogP contribution in [-0.2, 0) is 0 Å². The van der Waals surface area contributed by atoms with E-state index in [0.717, 1.165) is 32.5 Å². The lowest BCUT2D eigenvalue weighted by Crippen LogP contribution is -2.39. The molecule has 1 aliphatic rings. The first-order valence-electron chi connectivity index (χ1n) is 7.30. The van der Waals surface area contributed by atoms with Crippen molar-refractivity contribution >= 4 is 5.91 Å². The van der Waals surface area contributed by atoms with Crippen LogP contribution >= 0.6 is 0 Å². The van der Waals surface area contributed by atoms with Crippen LogP contribution in [0.15, 0.2) is 24.3 Å². The maximum atomic E-state index is 11.4. The fourth-order valence-corrected chi connectivity index (χ4v) is 2.61. The molecule has 1 aliphatic heterocycles. The Balaban J connectivity index is 1.79. The van der Waals surface area contributed by atoms with Gasteiger partial charge in [-0.2, -0.15) is 0 Å². The molecule has 1 fully saturated rings. The van der Waals surface area contributed by atoms with E-state index >= 15 is 0 Å². The van der Waals surface area contributed by atoms with Gasteiger partial charge < -0.3 is 9.84 Å². The highest BCUT2D eigenvalue weighted by Crippen LogP contribution is 2.16. The van der Waals surface area contributed by atoms with Gasteiger partial charge in [0.1, 0.15) is 12.4 Å². The predicted molar refractivity (Wildman–Crippen MR) is 79.8 cm³/mol. The van der Waals surface area contributed by atoms with Crippen molar-refractivity contribution in [1.82, 2.24) is 10.3 Å². The molecule has 1 aromatic rings. The Bertz CT molecular complexity index is 467. The number of likely N-dealkylation sites (tertiary alicyclic amines) is 1. The number of benzene rings is 1. The van der Waals surface area contributed by atoms with Crippen LogP contribution in [-0.4, -0.2) is 48.8 Å². The molecule has 1 atom stereocenters. The molecular weight excluding hydrogens is 270 g/mol. The molecule has 6 heteroatoms. The maximum Gasteiger partial charge on any atom is 0.265 e. The van der Waals surface area contributed by atoms with Gasteiger partial charge in [0.05, 0.1) is 0 Å². The van der Waals surface area contributed by atoms with E-state index in [1.807, 2.05) is 6.07 Å². The molecule has 0 spiro atoms. The number of nitrogens with two attached hydrogens (primary N) is 1. The van der Waals surface area contributed by atoms with E-state index in [0.29, 0.717) is 23.8 Å². The number of ether oxygens (including phenoxy) is 1. The molecular formula is C15H23N3O3. The summed E-state index contributed by atoms with van der Waals surface area (Å²) in [7, 11) is 0. The second kappa shape index (κ2) is 7.97. The summed E-state index contributed by atoms with van der Waals surface area (Å²) >= 11 is 0. The molecule has 1 heterocycles. The van der Waals surface area contributed by atoms with Gasteiger partial charge in [-0.05, 0) is 43.5 Å². The van der Waals surface area contributed by atoms with E-state index in [2.05, 4.69) is 10.3 Å². The average Bonchev–Trinajstić information content (AvgIpc) is 2.54. The van der Waals surface area contributed by atoms with Crippen molar-refractivity contribution in [3.8, 4) is 5.75 Å². The Hall–Kier alpha value is -1.63. The minimum absolute atomic E-state index is 0.258. The van der Waals surface area contributed by atoms with Crippen molar-refractivity contribution < 1.29 is 14.6 Å². The fraction of sp³-hybridized carbons (Fsp3) is 0.533. The summed E-state index contributed by atoms with van der Waals surface area (Å²) in [5.74, 6) is 5.82. The Morgan fingerprint density at radius 1 is 1.52 bits per heavy atom. The normalized spacial score (nSPS) is 19.2. The number of hydrazine groups is 1. The number of nitrogen functional groups attached to an aromatic ring is 1. The van der Waals surface area contributed by atoms with Crippen molar-refractivity contribution in [2.45, 2.75) is 12.8 Å². The molecule has 0 aromatic heterocycles. The van der Waals surface area contributed by atoms with Crippen LogP contribution < -0.4 is 16.0 Å². The molecule has 4 N–H and O–H groups in total. The summed E-state index contributed by atoms with van der Waals surface area (Å²) in [5.41, 5.74) is 2.58. The van der Waals surface area contributed by atoms with E-state index in [1.54, 1.807) is 18.2 Å². The van der Waals surface area contributed by atoms with Crippen LogP contribution in [0, 0.1) is 5.92 Å². The predicted octanol–water partition coefficient (Wildman–Crippen LogP) is 0.373. The first kappa shape index (κ1) is 15.8. The quantitative estimate of drug-likeness (QED) is 0.401. The Morgan fingerprint density at radius 3 is 3.14 bits per heavy atom. The lowest BCUT2D eigenvalue weighted by Gasteiger charge is -2.31. The summed E-state index contributed by atoms with van der Waals surface area (Å²) in [5, 5.41) is 9.21. The van der Waals surface area contributed by atoms with E-state index in [4.69, 9.17) is 10.6 Å². The first-order chi connectivity index (χ1) is 10.2. The summed E-state index contributed by atoms with van der Waals surface area (Å²) in [6.45, 7) is 3.62. The minimum Gasteiger partial charge on any atom is -0.492 e. The highest BCUT2D eigenvalue weighted by atomic mass is 16.5. The van der Waals surface area contributed by atoms with Gasteiger partial charge in [0.15, 0.2) is 0 Å². The molecule has 0 aliphatic carbocycles. The smallest absolute Gasteiger partial charge is 0.265 e. The number of aliphatic hydroxyl groups is 1. The van der Waals surface area contributed by atoms with E-state index in [-0.39, 0.29) is 12.5 Å². The minimum atomic E-state index is -0.331. The van der Waals surface area contributed by atoms with Crippen LogP contribution in [0.4, 0.5) is 0 Å². The van der Waals surface area contributed by atoms with Gasteiger partial charge in [0, 0.05) is 25.3 Å². The van der Waals surface area contributed by atoms with E-state index in [9.17, 15) is 9.90 Å². The zero-order valence-corrected chi connectivity index (χ0v) is 12.1. The molecule has 21 heavy (non-hydrogen) atoms. The number of piperidine rings is 1. The van der Waals surface area contributed by atoms with Gasteiger partial charge in [-0.3, -0.25) is 15.1 Å². The summed E-state index contributed by atoms with van der Waals surface area (Å²) in [4.78, 5) is 13.7. The number of nitrogens with zero attached hydrogens (tertiary/aromatic N) is 1. The average molecular weight is 293 g/mol. The molecule has 1 aromatic carbocycles. The highest BCUT2D eigenvalue weighted by molar-refractivity contribution is 5.94. The second-order valence-corrected chi connectivity index (χ2v) is 5.34. The summed E-state index contributed by atoms with van der Waals surface area (Å²) in [6.07, 6.45) is 2.22. The van der Waals surface area contributed by atoms with Gasteiger partial charge in [-0.15, -0.1) is 0 Å². The Morgan fingerprint density at radius 2 is 2.38 bits per heavy atom. The Kier molecular flexibility index (Phi) is 5.98. The zero-order valence-electron chi connectivity index (χ0n) is 12.1. The topological polar surface area (TPSA) is 87.8 Å². The van der Waals surface area contributed by atoms with E-state index < -0.39 is 0 Å². The number of carbonyl (C=O) groups excluding carboxylic acids is 1. The molecule has 0 radical (unpaired) electrons. The summed E-state index contributed by atoms with van der Waals surface area (Å²) in [6, 6.07) is 6.95. The van der Waals surface area contributed by atoms with Crippen LogP contribution in [0.2, 0.25) is 0 Å². The number of nitrogens with one attached hydrogen (secondary N) is 1. The number of hydrogen-bond acceptors (Lipinski definition) is 5. The van der Waals surface area contributed by atoms with Crippen molar-refractivity contribution in [1.29, 1.82) is 0 Å². The zero-order chi connectivity index (χ0) is 15.1. The summed E-state index contributed by atoms with van der Waals surface area (Å²) < 4.78 is 5.69. The molecule has 1 saturated heterocycles. The van der Waals surface area contributed by atoms with Gasteiger partial charge in [0.25, 0.3) is 5.91 Å². The standard InChI is InChI=1S/C15H23N3O3/c16-17-15(20)13-4-1-5-14(9-13)21-8-7-18-6-2-3-12(10-18)11-19/h1,4-5,9,12,19H,2-3,6-8,10-11,16H2,(H,17,20).